The van der Waals surface area contributed by atoms with Gasteiger partial charge in [-0.1, -0.05) is 66.4 Å². The summed E-state index contributed by atoms with van der Waals surface area (Å²) in [6.45, 7) is 15.8. The molecule has 2 radical (unpaired) electrons. The molecule has 0 heterocycles. The molecule has 0 saturated carbocycles. The zero-order valence-corrected chi connectivity index (χ0v) is 14.8. The van der Waals surface area contributed by atoms with E-state index in [0.717, 1.165) is 6.42 Å². The highest BCUT2D eigenvalue weighted by molar-refractivity contribution is 6.11. The van der Waals surface area contributed by atoms with Crippen LogP contribution in [0, 0.1) is 16.7 Å². The van der Waals surface area contributed by atoms with E-state index in [1.807, 2.05) is 12.1 Å². The molecule has 0 aliphatic rings. The second kappa shape index (κ2) is 6.46. The van der Waals surface area contributed by atoms with Crippen LogP contribution in [0.3, 0.4) is 0 Å². The number of phenolic OH excluding ortho intramolecular Hbond substituents is 1. The van der Waals surface area contributed by atoms with Gasteiger partial charge in [0.2, 0.25) is 0 Å². The second-order valence-corrected chi connectivity index (χ2v) is 8.10. The predicted molar refractivity (Wildman–Crippen MR) is 93.0 cm³/mol. The van der Waals surface area contributed by atoms with Crippen LogP contribution in [0.1, 0.15) is 66.4 Å². The summed E-state index contributed by atoms with van der Waals surface area (Å²) in [5.74, 6) is 1.41. The van der Waals surface area contributed by atoms with E-state index in [1.165, 1.54) is 5.56 Å². The number of benzene rings is 1. The number of rotatable bonds is 6. The van der Waals surface area contributed by atoms with Crippen LogP contribution >= 0.6 is 0 Å². The van der Waals surface area contributed by atoms with Crippen molar-refractivity contribution in [1.82, 2.24) is 0 Å². The van der Waals surface area contributed by atoms with Gasteiger partial charge in [0.05, 0.1) is 7.85 Å². The summed E-state index contributed by atoms with van der Waals surface area (Å²) in [6, 6.07) is 7.64. The highest BCUT2D eigenvalue weighted by atomic mass is 16.3. The largest absolute Gasteiger partial charge is 0.508 e. The monoisotopic (exact) mass is 286 g/mol. The van der Waals surface area contributed by atoms with Crippen molar-refractivity contribution in [3.63, 3.8) is 0 Å². The van der Waals surface area contributed by atoms with E-state index in [1.54, 1.807) is 12.1 Å². The molecular weight excluding hydrogens is 255 g/mol. The van der Waals surface area contributed by atoms with Crippen LogP contribution in [0.15, 0.2) is 24.3 Å². The smallest absolute Gasteiger partial charge is 0.115 e. The molecule has 0 aliphatic heterocycles. The number of phenols is 1. The van der Waals surface area contributed by atoms with Crippen molar-refractivity contribution in [2.24, 2.45) is 16.7 Å². The van der Waals surface area contributed by atoms with Gasteiger partial charge in [-0.2, -0.15) is 0 Å². The van der Waals surface area contributed by atoms with Gasteiger partial charge in [0.25, 0.3) is 0 Å². The van der Waals surface area contributed by atoms with Gasteiger partial charge in [-0.05, 0) is 46.8 Å². The van der Waals surface area contributed by atoms with Crippen LogP contribution in [-0.2, 0) is 0 Å². The van der Waals surface area contributed by atoms with Gasteiger partial charge >= 0.3 is 0 Å². The highest BCUT2D eigenvalue weighted by Gasteiger charge is 2.38. The summed E-state index contributed by atoms with van der Waals surface area (Å²) in [4.78, 5) is 0. The fourth-order valence-corrected chi connectivity index (χ4v) is 2.60. The molecule has 1 aromatic carbocycles. The SMILES string of the molecule is [B]C(C)C(C)(C)C(CC(C)(C)C(C)C)c1ccc(O)cc1. The summed E-state index contributed by atoms with van der Waals surface area (Å²) in [6.07, 6.45) is 1.09. The van der Waals surface area contributed by atoms with E-state index in [4.69, 9.17) is 7.85 Å². The van der Waals surface area contributed by atoms with Gasteiger partial charge in [-0.15, -0.1) is 0 Å². The van der Waals surface area contributed by atoms with Crippen LogP contribution in [0.2, 0.25) is 5.82 Å². The lowest BCUT2D eigenvalue weighted by Crippen LogP contribution is -2.32. The van der Waals surface area contributed by atoms with E-state index in [-0.39, 0.29) is 16.6 Å². The molecule has 0 fully saturated rings. The van der Waals surface area contributed by atoms with Gasteiger partial charge in [0.15, 0.2) is 0 Å². The van der Waals surface area contributed by atoms with Crippen LogP contribution in [0.4, 0.5) is 0 Å². The number of hydrogen-bond donors (Lipinski definition) is 1. The van der Waals surface area contributed by atoms with Crippen LogP contribution in [0.25, 0.3) is 0 Å². The fourth-order valence-electron chi connectivity index (χ4n) is 2.60. The maximum absolute atomic E-state index is 9.55. The first kappa shape index (κ1) is 18.1. The maximum Gasteiger partial charge on any atom is 0.115 e. The molecule has 0 aromatic heterocycles. The van der Waals surface area contributed by atoms with Gasteiger partial charge in [0, 0.05) is 0 Å². The lowest BCUT2D eigenvalue weighted by molar-refractivity contribution is 0.150. The molecule has 21 heavy (non-hydrogen) atoms. The summed E-state index contributed by atoms with van der Waals surface area (Å²) in [7, 11) is 6.28. The van der Waals surface area contributed by atoms with Crippen molar-refractivity contribution in [2.75, 3.05) is 0 Å². The topological polar surface area (TPSA) is 20.2 Å². The second-order valence-electron chi connectivity index (χ2n) is 8.10. The van der Waals surface area contributed by atoms with Gasteiger partial charge in [-0.3, -0.25) is 0 Å². The number of aromatic hydroxyl groups is 1. The first-order chi connectivity index (χ1) is 9.48. The third-order valence-electron chi connectivity index (χ3n) is 5.66. The third kappa shape index (κ3) is 4.28. The lowest BCUT2D eigenvalue weighted by atomic mass is 9.56. The molecule has 1 nitrogen and oxygen atoms in total. The molecule has 2 heteroatoms. The molecule has 2 unspecified atom stereocenters. The Morgan fingerprint density at radius 2 is 1.48 bits per heavy atom. The van der Waals surface area contributed by atoms with Crippen LogP contribution < -0.4 is 0 Å². The van der Waals surface area contributed by atoms with Crippen molar-refractivity contribution in [2.45, 2.75) is 66.6 Å². The Morgan fingerprint density at radius 1 is 1.00 bits per heavy atom. The highest BCUT2D eigenvalue weighted by Crippen LogP contribution is 2.50. The van der Waals surface area contributed by atoms with E-state index >= 15 is 0 Å². The molecule has 116 valence electrons. The zero-order chi connectivity index (χ0) is 16.4. The minimum absolute atomic E-state index is 0.00311. The Labute approximate surface area is 132 Å². The van der Waals surface area contributed by atoms with E-state index in [2.05, 4.69) is 48.5 Å². The summed E-state index contributed by atoms with van der Waals surface area (Å²) in [5, 5.41) is 9.55. The molecule has 0 amide bonds. The van der Waals surface area contributed by atoms with Crippen molar-refractivity contribution < 1.29 is 5.11 Å². The minimum Gasteiger partial charge on any atom is -0.508 e. The van der Waals surface area contributed by atoms with Gasteiger partial charge < -0.3 is 5.11 Å². The van der Waals surface area contributed by atoms with Crippen molar-refractivity contribution in [3.8, 4) is 5.75 Å². The summed E-state index contributed by atoms with van der Waals surface area (Å²) in [5.41, 5.74) is 1.52. The van der Waals surface area contributed by atoms with Crippen molar-refractivity contribution >= 4 is 7.85 Å². The Morgan fingerprint density at radius 3 is 1.86 bits per heavy atom. The maximum atomic E-state index is 9.55. The third-order valence-corrected chi connectivity index (χ3v) is 5.66. The molecule has 0 aliphatic carbocycles. The number of hydrogen-bond acceptors (Lipinski definition) is 1. The standard InChI is InChI=1S/C19H31BO/c1-13(2)18(4,5)12-17(19(6,7)14(3)20)15-8-10-16(21)11-9-15/h8-11,13-14,17,21H,12H2,1-7H3. The molecule has 1 N–H and O–H groups in total. The van der Waals surface area contributed by atoms with E-state index in [0.29, 0.717) is 17.6 Å². The van der Waals surface area contributed by atoms with Crippen LogP contribution in [0.5, 0.6) is 5.75 Å². The molecule has 0 bridgehead atoms. The van der Waals surface area contributed by atoms with Gasteiger partial charge in [-0.25, -0.2) is 0 Å². The zero-order valence-electron chi connectivity index (χ0n) is 14.8. The van der Waals surface area contributed by atoms with E-state index < -0.39 is 0 Å². The first-order valence-corrected chi connectivity index (χ1v) is 8.03. The molecular formula is C19H31BO. The molecule has 1 rings (SSSR count). The average molecular weight is 286 g/mol. The van der Waals surface area contributed by atoms with Crippen molar-refractivity contribution in [1.29, 1.82) is 0 Å². The molecule has 2 atom stereocenters. The normalized spacial score (nSPS) is 16.0. The van der Waals surface area contributed by atoms with Gasteiger partial charge in [0.1, 0.15) is 5.75 Å². The Bertz CT molecular complexity index is 443. The first-order valence-electron chi connectivity index (χ1n) is 8.03. The Kier molecular flexibility index (Phi) is 5.58. The molecule has 0 saturated heterocycles. The lowest BCUT2D eigenvalue weighted by Gasteiger charge is -2.44. The molecule has 0 spiro atoms. The Hall–Kier alpha value is -0.915. The predicted octanol–water partition coefficient (Wildman–Crippen LogP) is 5.55. The average Bonchev–Trinajstić information content (AvgIpc) is 2.36. The van der Waals surface area contributed by atoms with E-state index in [9.17, 15) is 5.11 Å². The van der Waals surface area contributed by atoms with Crippen molar-refractivity contribution in [3.05, 3.63) is 29.8 Å². The quantitative estimate of drug-likeness (QED) is 0.679. The summed E-state index contributed by atoms with van der Waals surface area (Å²) >= 11 is 0. The summed E-state index contributed by atoms with van der Waals surface area (Å²) < 4.78 is 0. The minimum atomic E-state index is 0.00311. The Balaban J connectivity index is 3.21. The fraction of sp³-hybridized carbons (Fsp3) is 0.684. The molecule has 1 aromatic rings. The van der Waals surface area contributed by atoms with Crippen LogP contribution in [-0.4, -0.2) is 13.0 Å².